The minimum absolute atomic E-state index is 0.194. The topological polar surface area (TPSA) is 45.1 Å². The van der Waals surface area contributed by atoms with E-state index in [1.54, 1.807) is 0 Å². The van der Waals surface area contributed by atoms with Crippen molar-refractivity contribution in [1.29, 1.82) is 0 Å². The Kier molecular flexibility index (Phi) is 10.9. The van der Waals surface area contributed by atoms with E-state index in [0.717, 1.165) is 44.5 Å². The van der Waals surface area contributed by atoms with Gasteiger partial charge in [-0.15, -0.1) is 0 Å². The highest BCUT2D eigenvalue weighted by molar-refractivity contribution is 5.83. The number of aliphatic hydroxyl groups is 1. The van der Waals surface area contributed by atoms with Crippen molar-refractivity contribution in [1.82, 2.24) is 4.90 Å². The smallest absolute Gasteiger partial charge is 0.0990 e. The van der Waals surface area contributed by atoms with Gasteiger partial charge in [0, 0.05) is 25.4 Å². The Bertz CT molecular complexity index is 391. The standard InChI is InChI=1S/C19H34N2O2/c1-4-5-6-7-8-14-23-16-17(2)20-18(3)21-12-9-10-19(15-22)11-13-21/h5-8,18-19,22H,4,9-16H2,1-3H3/b6-5-,8-7-,20-17+. The van der Waals surface area contributed by atoms with Gasteiger partial charge in [0.1, 0.15) is 0 Å². The number of ether oxygens (including phenoxy) is 1. The number of aliphatic hydroxyl groups excluding tert-OH is 1. The van der Waals surface area contributed by atoms with Gasteiger partial charge in [0.05, 0.1) is 19.4 Å². The van der Waals surface area contributed by atoms with Crippen LogP contribution in [0.25, 0.3) is 0 Å². The molecule has 132 valence electrons. The minimum Gasteiger partial charge on any atom is -0.396 e. The largest absolute Gasteiger partial charge is 0.396 e. The molecule has 1 N–H and O–H groups in total. The van der Waals surface area contributed by atoms with Gasteiger partial charge in [0.2, 0.25) is 0 Å². The van der Waals surface area contributed by atoms with Gasteiger partial charge < -0.3 is 9.84 Å². The quantitative estimate of drug-likeness (QED) is 0.402. The van der Waals surface area contributed by atoms with Gasteiger partial charge in [0.15, 0.2) is 0 Å². The van der Waals surface area contributed by atoms with Gasteiger partial charge in [-0.1, -0.05) is 31.2 Å². The van der Waals surface area contributed by atoms with Crippen molar-refractivity contribution in [3.63, 3.8) is 0 Å². The first kappa shape index (κ1) is 20.1. The van der Waals surface area contributed by atoms with Gasteiger partial charge in [-0.25, -0.2) is 0 Å². The first-order valence-corrected chi connectivity index (χ1v) is 8.95. The van der Waals surface area contributed by atoms with Crippen molar-refractivity contribution >= 4 is 5.71 Å². The van der Waals surface area contributed by atoms with E-state index in [0.29, 0.717) is 25.7 Å². The molecule has 1 aliphatic heterocycles. The first-order valence-electron chi connectivity index (χ1n) is 8.95. The molecule has 1 aliphatic rings. The molecule has 0 aliphatic carbocycles. The Morgan fingerprint density at radius 1 is 1.30 bits per heavy atom. The Labute approximate surface area is 141 Å². The van der Waals surface area contributed by atoms with Crippen LogP contribution < -0.4 is 0 Å². The molecule has 23 heavy (non-hydrogen) atoms. The van der Waals surface area contributed by atoms with Crippen LogP contribution in [0.15, 0.2) is 29.3 Å². The normalized spacial score (nSPS) is 22.8. The highest BCUT2D eigenvalue weighted by Gasteiger charge is 2.19. The summed E-state index contributed by atoms with van der Waals surface area (Å²) in [5.41, 5.74) is 1.04. The van der Waals surface area contributed by atoms with Crippen LogP contribution >= 0.6 is 0 Å². The molecular weight excluding hydrogens is 288 g/mol. The van der Waals surface area contributed by atoms with Crippen molar-refractivity contribution in [2.24, 2.45) is 10.9 Å². The number of nitrogens with zero attached hydrogens (tertiary/aromatic N) is 2. The molecule has 0 spiro atoms. The van der Waals surface area contributed by atoms with Crippen LogP contribution in [0, 0.1) is 5.92 Å². The molecule has 2 unspecified atom stereocenters. The van der Waals surface area contributed by atoms with Gasteiger partial charge in [0.25, 0.3) is 0 Å². The molecular formula is C19H34N2O2. The van der Waals surface area contributed by atoms with Gasteiger partial charge >= 0.3 is 0 Å². The highest BCUT2D eigenvalue weighted by atomic mass is 16.5. The molecule has 0 saturated carbocycles. The van der Waals surface area contributed by atoms with Crippen molar-refractivity contribution in [3.05, 3.63) is 24.3 Å². The molecule has 0 aromatic carbocycles. The summed E-state index contributed by atoms with van der Waals surface area (Å²) in [6.07, 6.45) is 12.8. The Morgan fingerprint density at radius 3 is 2.83 bits per heavy atom. The van der Waals surface area contributed by atoms with Crippen LogP contribution in [-0.4, -0.2) is 54.8 Å². The first-order chi connectivity index (χ1) is 11.2. The van der Waals surface area contributed by atoms with Gasteiger partial charge in [-0.3, -0.25) is 9.89 Å². The fourth-order valence-electron chi connectivity index (χ4n) is 2.81. The summed E-state index contributed by atoms with van der Waals surface area (Å²) < 4.78 is 5.62. The summed E-state index contributed by atoms with van der Waals surface area (Å²) in [6.45, 7) is 9.92. The summed E-state index contributed by atoms with van der Waals surface area (Å²) in [7, 11) is 0. The maximum Gasteiger partial charge on any atom is 0.0990 e. The molecule has 0 bridgehead atoms. The number of aliphatic imine (C=N–C) groups is 1. The molecule has 1 fully saturated rings. The van der Waals surface area contributed by atoms with Crippen molar-refractivity contribution in [3.8, 4) is 0 Å². The lowest BCUT2D eigenvalue weighted by Crippen LogP contribution is -2.33. The second-order valence-corrected chi connectivity index (χ2v) is 6.29. The van der Waals surface area contributed by atoms with E-state index < -0.39 is 0 Å². The maximum absolute atomic E-state index is 9.30. The average molecular weight is 322 g/mol. The van der Waals surface area contributed by atoms with Crippen molar-refractivity contribution in [2.75, 3.05) is 32.9 Å². The predicted octanol–water partition coefficient (Wildman–Crippen LogP) is 3.43. The molecule has 0 aromatic rings. The summed E-state index contributed by atoms with van der Waals surface area (Å²) >= 11 is 0. The predicted molar refractivity (Wildman–Crippen MR) is 98.0 cm³/mol. The van der Waals surface area contributed by atoms with Crippen LogP contribution in [-0.2, 0) is 4.74 Å². The third-order valence-corrected chi connectivity index (χ3v) is 4.22. The van der Waals surface area contributed by atoms with Gasteiger partial charge in [-0.05, 0) is 45.4 Å². The zero-order chi connectivity index (χ0) is 16.9. The van der Waals surface area contributed by atoms with Gasteiger partial charge in [-0.2, -0.15) is 0 Å². The summed E-state index contributed by atoms with van der Waals surface area (Å²) in [5, 5.41) is 9.30. The number of hydrogen-bond donors (Lipinski definition) is 1. The Morgan fingerprint density at radius 2 is 2.09 bits per heavy atom. The maximum atomic E-state index is 9.30. The second-order valence-electron chi connectivity index (χ2n) is 6.29. The van der Waals surface area contributed by atoms with E-state index in [4.69, 9.17) is 9.73 Å². The lowest BCUT2D eigenvalue weighted by molar-refractivity contribution is 0.191. The molecule has 0 aromatic heterocycles. The fraction of sp³-hybridized carbons (Fsp3) is 0.737. The summed E-state index contributed by atoms with van der Waals surface area (Å²) in [6, 6.07) is 0. The minimum atomic E-state index is 0.194. The third-order valence-electron chi connectivity index (χ3n) is 4.22. The number of rotatable bonds is 9. The second kappa shape index (κ2) is 12.5. The van der Waals surface area contributed by atoms with Crippen LogP contribution in [0.1, 0.15) is 46.5 Å². The van der Waals surface area contributed by atoms with E-state index in [1.165, 1.54) is 0 Å². The van der Waals surface area contributed by atoms with Crippen LogP contribution in [0.3, 0.4) is 0 Å². The Balaban J connectivity index is 2.30. The van der Waals surface area contributed by atoms with E-state index in [9.17, 15) is 5.11 Å². The Hall–Kier alpha value is -0.970. The molecule has 1 heterocycles. The zero-order valence-corrected chi connectivity index (χ0v) is 15.1. The summed E-state index contributed by atoms with van der Waals surface area (Å²) in [4.78, 5) is 7.17. The summed E-state index contributed by atoms with van der Waals surface area (Å²) in [5.74, 6) is 0.467. The number of allylic oxidation sites excluding steroid dienone is 3. The van der Waals surface area contributed by atoms with E-state index in [2.05, 4.69) is 24.8 Å². The molecule has 1 rings (SSSR count). The lowest BCUT2D eigenvalue weighted by Gasteiger charge is -2.25. The van der Waals surface area contributed by atoms with Crippen molar-refractivity contribution in [2.45, 2.75) is 52.6 Å². The monoisotopic (exact) mass is 322 g/mol. The van der Waals surface area contributed by atoms with Crippen molar-refractivity contribution < 1.29 is 9.84 Å². The van der Waals surface area contributed by atoms with Crippen LogP contribution in [0.5, 0.6) is 0 Å². The fourth-order valence-corrected chi connectivity index (χ4v) is 2.81. The van der Waals surface area contributed by atoms with E-state index in [1.807, 2.05) is 25.2 Å². The molecule has 0 amide bonds. The number of likely N-dealkylation sites (tertiary alicyclic amines) is 1. The van der Waals surface area contributed by atoms with Crippen LogP contribution in [0.2, 0.25) is 0 Å². The molecule has 0 radical (unpaired) electrons. The van der Waals surface area contributed by atoms with Crippen LogP contribution in [0.4, 0.5) is 0 Å². The molecule has 4 heteroatoms. The highest BCUT2D eigenvalue weighted by Crippen LogP contribution is 2.18. The lowest BCUT2D eigenvalue weighted by atomic mass is 10.0. The SMILES string of the molecule is CC/C=C\C=C/COC/C(C)=N/C(C)N1CCCC(CO)CC1. The molecule has 2 atom stereocenters. The third kappa shape index (κ3) is 9.04. The number of hydrogen-bond acceptors (Lipinski definition) is 4. The zero-order valence-electron chi connectivity index (χ0n) is 15.1. The average Bonchev–Trinajstić information content (AvgIpc) is 2.79. The van der Waals surface area contributed by atoms with E-state index in [-0.39, 0.29) is 6.17 Å². The van der Waals surface area contributed by atoms with E-state index >= 15 is 0 Å². The molecule has 1 saturated heterocycles. The molecule has 4 nitrogen and oxygen atoms in total.